The second-order valence-electron chi connectivity index (χ2n) is 4.90. The van der Waals surface area contributed by atoms with E-state index < -0.39 is 0 Å². The Hall–Kier alpha value is -2.33. The molecule has 4 nitrogen and oxygen atoms in total. The Balaban J connectivity index is 2.11. The quantitative estimate of drug-likeness (QED) is 0.739. The normalized spacial score (nSPS) is 10.4. The van der Waals surface area contributed by atoms with Gasteiger partial charge in [-0.15, -0.1) is 0 Å². The maximum atomic E-state index is 12.1. The second kappa shape index (κ2) is 6.90. The summed E-state index contributed by atoms with van der Waals surface area (Å²) in [7, 11) is 0. The third kappa shape index (κ3) is 3.83. The average Bonchev–Trinajstić information content (AvgIpc) is 2.50. The fraction of sp³-hybridized carbons (Fsp3) is 0.235. The number of carbonyl (C=O) groups is 1. The minimum absolute atomic E-state index is 0.0765. The molecule has 21 heavy (non-hydrogen) atoms. The standard InChI is InChI=1S/C17H20N2O2/c1-2-12-7-8-16(20)15(9-12)19-17(21)10-13-5-3-4-6-14(13)11-18/h3-9,20H,2,10-11,18H2,1H3,(H,19,21). The predicted octanol–water partition coefficient (Wildman–Crippen LogP) is 2.59. The van der Waals surface area contributed by atoms with Crippen LogP contribution in [0.4, 0.5) is 5.69 Å². The lowest BCUT2D eigenvalue weighted by molar-refractivity contribution is -0.115. The molecule has 0 atom stereocenters. The van der Waals surface area contributed by atoms with Gasteiger partial charge in [0.25, 0.3) is 0 Å². The summed E-state index contributed by atoms with van der Waals surface area (Å²) in [6.45, 7) is 2.43. The molecule has 0 unspecified atom stereocenters. The molecule has 0 saturated carbocycles. The van der Waals surface area contributed by atoms with Crippen LogP contribution in [0, 0.1) is 0 Å². The lowest BCUT2D eigenvalue weighted by Gasteiger charge is -2.10. The highest BCUT2D eigenvalue weighted by atomic mass is 16.3. The zero-order valence-corrected chi connectivity index (χ0v) is 12.1. The zero-order valence-electron chi connectivity index (χ0n) is 12.1. The van der Waals surface area contributed by atoms with Crippen molar-refractivity contribution in [1.29, 1.82) is 0 Å². The maximum Gasteiger partial charge on any atom is 0.228 e. The van der Waals surface area contributed by atoms with E-state index in [4.69, 9.17) is 5.73 Å². The lowest BCUT2D eigenvalue weighted by atomic mass is 10.0. The van der Waals surface area contributed by atoms with Gasteiger partial charge in [-0.25, -0.2) is 0 Å². The third-order valence-corrected chi connectivity index (χ3v) is 3.43. The summed E-state index contributed by atoms with van der Waals surface area (Å²) >= 11 is 0. The Kier molecular flexibility index (Phi) is 4.95. The van der Waals surface area contributed by atoms with Crippen molar-refractivity contribution in [1.82, 2.24) is 0 Å². The smallest absolute Gasteiger partial charge is 0.228 e. The average molecular weight is 284 g/mol. The molecule has 0 spiro atoms. The predicted molar refractivity (Wildman–Crippen MR) is 84.2 cm³/mol. The van der Waals surface area contributed by atoms with Crippen molar-refractivity contribution in [2.45, 2.75) is 26.3 Å². The number of aryl methyl sites for hydroxylation is 1. The Bertz CT molecular complexity index is 638. The van der Waals surface area contributed by atoms with Gasteiger partial charge in [0.15, 0.2) is 0 Å². The number of benzene rings is 2. The van der Waals surface area contributed by atoms with E-state index in [9.17, 15) is 9.90 Å². The van der Waals surface area contributed by atoms with Gasteiger partial charge < -0.3 is 16.2 Å². The number of hydrogen-bond acceptors (Lipinski definition) is 3. The van der Waals surface area contributed by atoms with Crippen molar-refractivity contribution < 1.29 is 9.90 Å². The zero-order chi connectivity index (χ0) is 15.2. The van der Waals surface area contributed by atoms with Crippen LogP contribution in [0.3, 0.4) is 0 Å². The van der Waals surface area contributed by atoms with Gasteiger partial charge in [0.1, 0.15) is 5.75 Å². The molecule has 0 saturated heterocycles. The summed E-state index contributed by atoms with van der Waals surface area (Å²) in [5.41, 5.74) is 9.04. The summed E-state index contributed by atoms with van der Waals surface area (Å²) in [4.78, 5) is 12.1. The number of nitrogens with two attached hydrogens (primary N) is 1. The van der Waals surface area contributed by atoms with Crippen molar-refractivity contribution >= 4 is 11.6 Å². The Labute approximate surface area is 124 Å². The molecule has 0 bridgehead atoms. The molecule has 4 N–H and O–H groups in total. The van der Waals surface area contributed by atoms with Crippen LogP contribution < -0.4 is 11.1 Å². The van der Waals surface area contributed by atoms with Crippen molar-refractivity contribution in [3.63, 3.8) is 0 Å². The van der Waals surface area contributed by atoms with Gasteiger partial charge in [-0.1, -0.05) is 37.3 Å². The molecule has 1 amide bonds. The molecule has 0 heterocycles. The van der Waals surface area contributed by atoms with Gasteiger partial charge in [-0.3, -0.25) is 4.79 Å². The molecule has 0 radical (unpaired) electrons. The molecular weight excluding hydrogens is 264 g/mol. The Morgan fingerprint density at radius 2 is 1.90 bits per heavy atom. The van der Waals surface area contributed by atoms with Crippen LogP contribution in [0.25, 0.3) is 0 Å². The van der Waals surface area contributed by atoms with E-state index in [0.717, 1.165) is 23.1 Å². The molecule has 0 aliphatic rings. The summed E-state index contributed by atoms with van der Waals surface area (Å²) in [6, 6.07) is 12.8. The molecule has 0 aliphatic carbocycles. The number of amides is 1. The topological polar surface area (TPSA) is 75.3 Å². The molecule has 110 valence electrons. The van der Waals surface area contributed by atoms with Gasteiger partial charge in [0.05, 0.1) is 12.1 Å². The van der Waals surface area contributed by atoms with Gasteiger partial charge in [-0.2, -0.15) is 0 Å². The monoisotopic (exact) mass is 284 g/mol. The number of hydrogen-bond donors (Lipinski definition) is 3. The van der Waals surface area contributed by atoms with Crippen LogP contribution in [0.5, 0.6) is 5.75 Å². The number of rotatable bonds is 5. The first-order valence-corrected chi connectivity index (χ1v) is 7.02. The molecule has 0 aromatic heterocycles. The molecular formula is C17H20N2O2. The highest BCUT2D eigenvalue weighted by Crippen LogP contribution is 2.24. The van der Waals surface area contributed by atoms with Crippen molar-refractivity contribution in [3.05, 3.63) is 59.2 Å². The SMILES string of the molecule is CCc1ccc(O)c(NC(=O)Cc2ccccc2CN)c1. The van der Waals surface area contributed by atoms with E-state index in [1.54, 1.807) is 12.1 Å². The van der Waals surface area contributed by atoms with Gasteiger partial charge in [0, 0.05) is 6.54 Å². The van der Waals surface area contributed by atoms with E-state index in [-0.39, 0.29) is 18.1 Å². The minimum atomic E-state index is -0.167. The van der Waals surface area contributed by atoms with Gasteiger partial charge >= 0.3 is 0 Å². The van der Waals surface area contributed by atoms with Crippen LogP contribution in [0.2, 0.25) is 0 Å². The van der Waals surface area contributed by atoms with Crippen LogP contribution >= 0.6 is 0 Å². The van der Waals surface area contributed by atoms with Crippen molar-refractivity contribution in [2.24, 2.45) is 5.73 Å². The number of anilines is 1. The lowest BCUT2D eigenvalue weighted by Crippen LogP contribution is -2.16. The first-order valence-electron chi connectivity index (χ1n) is 7.02. The van der Waals surface area contributed by atoms with Crippen LogP contribution in [0.15, 0.2) is 42.5 Å². The summed E-state index contributed by atoms with van der Waals surface area (Å²) < 4.78 is 0. The fourth-order valence-corrected chi connectivity index (χ4v) is 2.20. The Morgan fingerprint density at radius 3 is 2.57 bits per heavy atom. The molecule has 4 heteroatoms. The molecule has 2 aromatic carbocycles. The largest absolute Gasteiger partial charge is 0.506 e. The van der Waals surface area contributed by atoms with Gasteiger partial charge in [0.2, 0.25) is 5.91 Å². The first kappa shape index (κ1) is 15.1. The van der Waals surface area contributed by atoms with Crippen LogP contribution in [-0.2, 0) is 24.2 Å². The number of carbonyl (C=O) groups excluding carboxylic acids is 1. The van der Waals surface area contributed by atoms with E-state index in [0.29, 0.717) is 12.2 Å². The highest BCUT2D eigenvalue weighted by Gasteiger charge is 2.10. The Morgan fingerprint density at radius 1 is 1.19 bits per heavy atom. The fourth-order valence-electron chi connectivity index (χ4n) is 2.20. The van der Waals surface area contributed by atoms with E-state index in [2.05, 4.69) is 5.32 Å². The second-order valence-corrected chi connectivity index (χ2v) is 4.90. The minimum Gasteiger partial charge on any atom is -0.506 e. The number of aromatic hydroxyl groups is 1. The maximum absolute atomic E-state index is 12.1. The van der Waals surface area contributed by atoms with Gasteiger partial charge in [-0.05, 0) is 35.2 Å². The van der Waals surface area contributed by atoms with Crippen LogP contribution in [0.1, 0.15) is 23.6 Å². The molecule has 0 aliphatic heterocycles. The van der Waals surface area contributed by atoms with Crippen LogP contribution in [-0.4, -0.2) is 11.0 Å². The molecule has 2 aromatic rings. The summed E-state index contributed by atoms with van der Waals surface area (Å²) in [5, 5.41) is 12.6. The van der Waals surface area contributed by atoms with E-state index in [1.807, 2.05) is 37.3 Å². The summed E-state index contributed by atoms with van der Waals surface area (Å²) in [5.74, 6) is -0.0906. The molecule has 2 rings (SSSR count). The summed E-state index contributed by atoms with van der Waals surface area (Å²) in [6.07, 6.45) is 1.09. The number of nitrogens with one attached hydrogen (secondary N) is 1. The molecule has 0 fully saturated rings. The first-order chi connectivity index (χ1) is 10.1. The number of phenols is 1. The van der Waals surface area contributed by atoms with Crippen molar-refractivity contribution in [2.75, 3.05) is 5.32 Å². The van der Waals surface area contributed by atoms with Crippen molar-refractivity contribution in [3.8, 4) is 5.75 Å². The van der Waals surface area contributed by atoms with E-state index >= 15 is 0 Å². The highest BCUT2D eigenvalue weighted by molar-refractivity contribution is 5.93. The van der Waals surface area contributed by atoms with E-state index in [1.165, 1.54) is 0 Å². The number of phenolic OH excluding ortho intramolecular Hbond substituents is 1. The third-order valence-electron chi connectivity index (χ3n) is 3.43.